The molecule has 4 heteroatoms. The summed E-state index contributed by atoms with van der Waals surface area (Å²) in [5, 5.41) is 0.734. The van der Waals surface area contributed by atoms with Gasteiger partial charge >= 0.3 is 0 Å². The van der Waals surface area contributed by atoms with Crippen molar-refractivity contribution in [2.24, 2.45) is 0 Å². The zero-order valence-corrected chi connectivity index (χ0v) is 11.0. The van der Waals surface area contributed by atoms with Crippen LogP contribution in [0.3, 0.4) is 0 Å². The van der Waals surface area contributed by atoms with E-state index in [9.17, 15) is 0 Å². The molecule has 0 fully saturated rings. The number of thioether (sulfide) groups is 2. The van der Waals surface area contributed by atoms with Crippen LogP contribution in [0.4, 0.5) is 0 Å². The lowest BCUT2D eigenvalue weighted by atomic mass is 10.5. The van der Waals surface area contributed by atoms with Gasteiger partial charge in [0.25, 0.3) is 0 Å². The van der Waals surface area contributed by atoms with Crippen LogP contribution in [0.2, 0.25) is 0 Å². The van der Waals surface area contributed by atoms with Crippen LogP contribution in [0.25, 0.3) is 0 Å². The molecular formula is C8H18S4. The van der Waals surface area contributed by atoms with Gasteiger partial charge in [-0.1, -0.05) is 6.92 Å². The van der Waals surface area contributed by atoms with Gasteiger partial charge in [0.1, 0.15) is 0 Å². The molecule has 0 rings (SSSR count). The van der Waals surface area contributed by atoms with Gasteiger partial charge in [0.15, 0.2) is 0 Å². The largest absolute Gasteiger partial charge is 0.179 e. The molecule has 0 nitrogen and oxygen atoms in total. The number of hydrogen-bond donors (Lipinski definition) is 2. The van der Waals surface area contributed by atoms with Crippen LogP contribution in [-0.2, 0) is 0 Å². The van der Waals surface area contributed by atoms with Crippen molar-refractivity contribution in [3.63, 3.8) is 0 Å². The Balaban J connectivity index is 3.26. The third-order valence-electron chi connectivity index (χ3n) is 1.30. The van der Waals surface area contributed by atoms with Crippen molar-refractivity contribution in [1.82, 2.24) is 0 Å². The predicted molar refractivity (Wildman–Crippen MR) is 71.6 cm³/mol. The van der Waals surface area contributed by atoms with E-state index in [1.807, 2.05) is 23.5 Å². The molecule has 1 atom stereocenters. The molecule has 0 amide bonds. The molecule has 0 aliphatic heterocycles. The summed E-state index contributed by atoms with van der Waals surface area (Å²) in [6.45, 7) is 2.23. The van der Waals surface area contributed by atoms with E-state index in [-0.39, 0.29) is 0 Å². The first-order chi connectivity index (χ1) is 5.85. The highest BCUT2D eigenvalue weighted by atomic mass is 32.2. The van der Waals surface area contributed by atoms with Crippen molar-refractivity contribution >= 4 is 48.8 Å². The molecule has 1 unspecified atom stereocenters. The fourth-order valence-corrected chi connectivity index (χ4v) is 3.75. The maximum atomic E-state index is 4.34. The van der Waals surface area contributed by atoms with Crippen LogP contribution in [0.5, 0.6) is 0 Å². The zero-order valence-electron chi connectivity index (χ0n) is 7.53. The van der Waals surface area contributed by atoms with E-state index in [0.717, 1.165) is 16.8 Å². The average Bonchev–Trinajstić information content (AvgIpc) is 2.11. The lowest BCUT2D eigenvalue weighted by Crippen LogP contribution is -2.09. The van der Waals surface area contributed by atoms with E-state index >= 15 is 0 Å². The quantitative estimate of drug-likeness (QED) is 0.496. The standard InChI is InChI=1S/C8H18S4/c1-2-4-12-8(6-10)7-11-5-3-9/h8-10H,2-7H2,1H3. The summed E-state index contributed by atoms with van der Waals surface area (Å²) >= 11 is 12.6. The molecule has 0 aromatic rings. The molecule has 74 valence electrons. The fraction of sp³-hybridized carbons (Fsp3) is 1.00. The van der Waals surface area contributed by atoms with Crippen molar-refractivity contribution in [1.29, 1.82) is 0 Å². The van der Waals surface area contributed by atoms with Gasteiger partial charge < -0.3 is 0 Å². The third kappa shape index (κ3) is 8.02. The van der Waals surface area contributed by atoms with E-state index in [1.54, 1.807) is 0 Å². The van der Waals surface area contributed by atoms with E-state index in [0.29, 0.717) is 0 Å². The molecule has 12 heavy (non-hydrogen) atoms. The van der Waals surface area contributed by atoms with Gasteiger partial charge in [0.05, 0.1) is 0 Å². The van der Waals surface area contributed by atoms with E-state index in [4.69, 9.17) is 0 Å². The number of rotatable bonds is 8. The van der Waals surface area contributed by atoms with Crippen molar-refractivity contribution < 1.29 is 0 Å². The second-order valence-electron chi connectivity index (χ2n) is 2.47. The first-order valence-corrected chi connectivity index (χ1v) is 7.73. The minimum atomic E-state index is 0.734. The molecule has 0 aliphatic rings. The Morgan fingerprint density at radius 1 is 1.25 bits per heavy atom. The van der Waals surface area contributed by atoms with Crippen LogP contribution in [0, 0.1) is 0 Å². The fourth-order valence-electron chi connectivity index (χ4n) is 0.717. The van der Waals surface area contributed by atoms with Crippen LogP contribution in [-0.4, -0.2) is 34.0 Å². The Labute approximate surface area is 95.9 Å². The Morgan fingerprint density at radius 2 is 2.00 bits per heavy atom. The van der Waals surface area contributed by atoms with Gasteiger partial charge in [-0.3, -0.25) is 0 Å². The molecule has 0 aromatic heterocycles. The maximum absolute atomic E-state index is 4.34. The van der Waals surface area contributed by atoms with Crippen molar-refractivity contribution in [2.45, 2.75) is 18.6 Å². The van der Waals surface area contributed by atoms with E-state index < -0.39 is 0 Å². The van der Waals surface area contributed by atoms with Gasteiger partial charge in [-0.15, -0.1) is 0 Å². The van der Waals surface area contributed by atoms with Crippen molar-refractivity contribution in [3.05, 3.63) is 0 Å². The van der Waals surface area contributed by atoms with Crippen LogP contribution >= 0.6 is 48.8 Å². The number of thiol groups is 2. The smallest absolute Gasteiger partial charge is 0.0226 e. The Bertz CT molecular complexity index is 87.1. The summed E-state index contributed by atoms with van der Waals surface area (Å²) in [6.07, 6.45) is 1.27. The van der Waals surface area contributed by atoms with Gasteiger partial charge in [-0.25, -0.2) is 0 Å². The average molecular weight is 242 g/mol. The molecule has 0 spiro atoms. The first kappa shape index (κ1) is 13.4. The summed E-state index contributed by atoms with van der Waals surface area (Å²) in [7, 11) is 0. The highest BCUT2D eigenvalue weighted by Gasteiger charge is 2.05. The Kier molecular flexibility index (Phi) is 11.7. The second-order valence-corrected chi connectivity index (χ2v) is 5.84. The molecule has 0 heterocycles. The molecule has 0 bridgehead atoms. The molecule has 0 N–H and O–H groups in total. The van der Waals surface area contributed by atoms with Gasteiger partial charge in [0, 0.05) is 22.5 Å². The van der Waals surface area contributed by atoms with E-state index in [2.05, 4.69) is 32.2 Å². The topological polar surface area (TPSA) is 0 Å². The molecule has 0 radical (unpaired) electrons. The highest BCUT2D eigenvalue weighted by molar-refractivity contribution is 8.04. The molecular weight excluding hydrogens is 224 g/mol. The minimum Gasteiger partial charge on any atom is -0.179 e. The monoisotopic (exact) mass is 242 g/mol. The normalized spacial score (nSPS) is 13.2. The van der Waals surface area contributed by atoms with E-state index in [1.165, 1.54) is 23.7 Å². The molecule has 0 aromatic carbocycles. The first-order valence-electron chi connectivity index (χ1n) is 4.26. The van der Waals surface area contributed by atoms with Crippen LogP contribution in [0.1, 0.15) is 13.3 Å². The van der Waals surface area contributed by atoms with Crippen molar-refractivity contribution in [2.75, 3.05) is 28.8 Å². The van der Waals surface area contributed by atoms with Gasteiger partial charge in [-0.2, -0.15) is 48.8 Å². The highest BCUT2D eigenvalue weighted by Crippen LogP contribution is 2.18. The SMILES string of the molecule is CCCSC(CS)CSCCS. The molecule has 0 saturated carbocycles. The predicted octanol–water partition coefficient (Wildman–Crippen LogP) is 3.09. The lowest BCUT2D eigenvalue weighted by molar-refractivity contribution is 1.08. The summed E-state index contributed by atoms with van der Waals surface area (Å²) in [5.41, 5.74) is 0. The Hall–Kier alpha value is 1.40. The van der Waals surface area contributed by atoms with Crippen LogP contribution < -0.4 is 0 Å². The van der Waals surface area contributed by atoms with Crippen molar-refractivity contribution in [3.8, 4) is 0 Å². The minimum absolute atomic E-state index is 0.734. The van der Waals surface area contributed by atoms with Crippen LogP contribution in [0.15, 0.2) is 0 Å². The van der Waals surface area contributed by atoms with Gasteiger partial charge in [-0.05, 0) is 17.9 Å². The summed E-state index contributed by atoms with van der Waals surface area (Å²) in [5.74, 6) is 5.66. The molecule has 0 aliphatic carbocycles. The lowest BCUT2D eigenvalue weighted by Gasteiger charge is -2.12. The third-order valence-corrected chi connectivity index (χ3v) is 5.31. The summed E-state index contributed by atoms with van der Waals surface area (Å²) < 4.78 is 0. The summed E-state index contributed by atoms with van der Waals surface area (Å²) in [4.78, 5) is 0. The second kappa shape index (κ2) is 10.5. The zero-order chi connectivity index (χ0) is 9.23. The maximum Gasteiger partial charge on any atom is 0.0226 e. The number of hydrogen-bond acceptors (Lipinski definition) is 4. The molecule has 0 saturated heterocycles. The summed E-state index contributed by atoms with van der Waals surface area (Å²) in [6, 6.07) is 0. The Morgan fingerprint density at radius 3 is 2.50 bits per heavy atom. The van der Waals surface area contributed by atoms with Gasteiger partial charge in [0.2, 0.25) is 0 Å².